The van der Waals surface area contributed by atoms with Crippen molar-refractivity contribution < 1.29 is 25.9 Å². The van der Waals surface area contributed by atoms with Crippen LogP contribution in [0.15, 0.2) is 33.6 Å². The van der Waals surface area contributed by atoms with E-state index < -0.39 is 0 Å². The van der Waals surface area contributed by atoms with E-state index in [0.717, 1.165) is 12.2 Å². The van der Waals surface area contributed by atoms with Crippen LogP contribution in [0.4, 0.5) is 0 Å². The summed E-state index contributed by atoms with van der Waals surface area (Å²) in [5.74, 6) is 1.06. The fraction of sp³-hybridized carbons (Fsp3) is 0.333. The summed E-state index contributed by atoms with van der Waals surface area (Å²) in [5, 5.41) is 4.24. The van der Waals surface area contributed by atoms with Crippen LogP contribution in [0.25, 0.3) is 11.1 Å². The Morgan fingerprint density at radius 1 is 1.50 bits per heavy atom. The van der Waals surface area contributed by atoms with Gasteiger partial charge in [0, 0.05) is 0 Å². The van der Waals surface area contributed by atoms with Crippen molar-refractivity contribution in [2.75, 3.05) is 4.93 Å². The normalized spacial score (nSPS) is 13.1. The number of hydrogen-bond acceptors (Lipinski definition) is 3. The second kappa shape index (κ2) is 5.84. The predicted octanol–water partition coefficient (Wildman–Crippen LogP) is 0.683. The molecular weight excluding hydrogens is 333 g/mol. The Bertz CT molecular complexity index is 424. The minimum atomic E-state index is 0.0905. The summed E-state index contributed by atoms with van der Waals surface area (Å²) in [6, 6.07) is 4.66. The second-order valence-electron chi connectivity index (χ2n) is 3.51. The first kappa shape index (κ1) is 12.1. The molecule has 1 unspecified atom stereocenters. The zero-order valence-electron chi connectivity index (χ0n) is 9.37. The van der Waals surface area contributed by atoms with Crippen molar-refractivity contribution in [2.45, 2.75) is 19.4 Å². The van der Waals surface area contributed by atoms with Crippen molar-refractivity contribution in [1.82, 2.24) is 3.53 Å². The molecule has 16 heavy (non-hydrogen) atoms. The van der Waals surface area contributed by atoms with Gasteiger partial charge in [-0.1, -0.05) is 0 Å². The standard InChI is InChI=1S/C12H15INOS/c1-3-11(14-13-2)12-6-10(7-15-12)9-4-5-16-8-9/h4-8,11,14H,3H2,1-2H3/q-1. The van der Waals surface area contributed by atoms with Crippen LogP contribution in [-0.4, -0.2) is 4.93 Å². The van der Waals surface area contributed by atoms with E-state index in [2.05, 4.69) is 38.3 Å². The topological polar surface area (TPSA) is 25.2 Å². The van der Waals surface area contributed by atoms with E-state index in [9.17, 15) is 0 Å². The summed E-state index contributed by atoms with van der Waals surface area (Å²) in [6.45, 7) is 2.18. The van der Waals surface area contributed by atoms with Crippen molar-refractivity contribution in [1.29, 1.82) is 0 Å². The molecule has 1 atom stereocenters. The van der Waals surface area contributed by atoms with Gasteiger partial charge in [-0.3, -0.25) is 0 Å². The van der Waals surface area contributed by atoms with Crippen molar-refractivity contribution >= 4 is 11.3 Å². The molecule has 88 valence electrons. The number of thiophene rings is 1. The Hall–Kier alpha value is -0.330. The zero-order chi connectivity index (χ0) is 11.4. The number of nitrogens with one attached hydrogen (secondary N) is 1. The molecule has 4 heteroatoms. The molecule has 1 N–H and O–H groups in total. The first-order chi connectivity index (χ1) is 7.85. The van der Waals surface area contributed by atoms with Gasteiger partial charge >= 0.3 is 111 Å². The number of furan rings is 1. The minimum absolute atomic E-state index is 0.0905. The third-order valence-corrected chi connectivity index (χ3v) is 4.52. The molecule has 2 heterocycles. The number of hydrogen-bond donors (Lipinski definition) is 1. The van der Waals surface area contributed by atoms with Crippen LogP contribution in [0.2, 0.25) is 0 Å². The van der Waals surface area contributed by atoms with E-state index in [4.69, 9.17) is 4.42 Å². The average Bonchev–Trinajstić information content (AvgIpc) is 2.95. The Labute approximate surface area is 111 Å². The fourth-order valence-electron chi connectivity index (χ4n) is 1.58. The number of halogens is 1. The molecule has 0 aliphatic rings. The quantitative estimate of drug-likeness (QED) is 0.489. The fourth-order valence-corrected chi connectivity index (χ4v) is 3.74. The van der Waals surface area contributed by atoms with Gasteiger partial charge in [-0.15, -0.1) is 0 Å². The molecule has 0 saturated heterocycles. The molecule has 2 rings (SSSR count). The number of alkyl halides is 1. The summed E-state index contributed by atoms with van der Waals surface area (Å²) < 4.78 is 9.18. The Morgan fingerprint density at radius 2 is 2.38 bits per heavy atom. The molecule has 0 aliphatic heterocycles. The molecule has 0 aromatic carbocycles. The first-order valence-electron chi connectivity index (χ1n) is 5.20. The van der Waals surface area contributed by atoms with Crippen LogP contribution < -0.4 is 25.0 Å². The second-order valence-corrected chi connectivity index (χ2v) is 5.99. The van der Waals surface area contributed by atoms with Gasteiger partial charge in [-0.2, -0.15) is 0 Å². The molecule has 0 spiro atoms. The third kappa shape index (κ3) is 2.67. The van der Waals surface area contributed by atoms with E-state index in [1.54, 1.807) is 11.3 Å². The maximum absolute atomic E-state index is 5.65. The van der Waals surface area contributed by atoms with Gasteiger partial charge in [0.05, 0.1) is 0 Å². The van der Waals surface area contributed by atoms with Crippen LogP contribution in [0.3, 0.4) is 0 Å². The van der Waals surface area contributed by atoms with Gasteiger partial charge in [0.25, 0.3) is 0 Å². The third-order valence-electron chi connectivity index (χ3n) is 2.47. The molecule has 2 nitrogen and oxygen atoms in total. The summed E-state index contributed by atoms with van der Waals surface area (Å²) in [4.78, 5) is 2.23. The summed E-state index contributed by atoms with van der Waals surface area (Å²) in [5.41, 5.74) is 2.44. The number of rotatable bonds is 5. The van der Waals surface area contributed by atoms with Gasteiger partial charge in [0.2, 0.25) is 0 Å². The van der Waals surface area contributed by atoms with Crippen molar-refractivity contribution in [3.63, 3.8) is 0 Å². The predicted molar refractivity (Wildman–Crippen MR) is 64.1 cm³/mol. The monoisotopic (exact) mass is 348 g/mol. The summed E-state index contributed by atoms with van der Waals surface area (Å²) in [7, 11) is 0. The average molecular weight is 348 g/mol. The molecule has 0 fully saturated rings. The van der Waals surface area contributed by atoms with Gasteiger partial charge < -0.3 is 0 Å². The van der Waals surface area contributed by atoms with Crippen LogP contribution in [0.1, 0.15) is 25.1 Å². The van der Waals surface area contributed by atoms with Crippen LogP contribution in [-0.2, 0) is 0 Å². The summed E-state index contributed by atoms with van der Waals surface area (Å²) >= 11 is 1.81. The Balaban J connectivity index is 2.18. The Kier molecular flexibility index (Phi) is 4.43. The maximum atomic E-state index is 5.65. The van der Waals surface area contributed by atoms with Crippen LogP contribution in [0.5, 0.6) is 0 Å². The SMILES string of the molecule is CCC(N[I-]C)c1cc(-c2ccsc2)co1. The van der Waals surface area contributed by atoms with E-state index in [0.29, 0.717) is 6.04 Å². The van der Waals surface area contributed by atoms with Crippen LogP contribution in [0, 0.1) is 0 Å². The molecule has 2 aromatic rings. The van der Waals surface area contributed by atoms with E-state index in [-0.39, 0.29) is 21.5 Å². The molecular formula is C12H15INOS-. The molecule has 0 radical (unpaired) electrons. The van der Waals surface area contributed by atoms with E-state index in [1.165, 1.54) is 11.1 Å². The molecule has 0 bridgehead atoms. The first-order valence-corrected chi connectivity index (χ1v) is 9.38. The van der Waals surface area contributed by atoms with Crippen molar-refractivity contribution in [3.05, 3.63) is 34.9 Å². The van der Waals surface area contributed by atoms with E-state index >= 15 is 0 Å². The summed E-state index contributed by atoms with van der Waals surface area (Å²) in [6.07, 6.45) is 2.93. The zero-order valence-corrected chi connectivity index (χ0v) is 12.3. The van der Waals surface area contributed by atoms with Gasteiger partial charge in [0.15, 0.2) is 0 Å². The molecule has 2 aromatic heterocycles. The van der Waals surface area contributed by atoms with Crippen LogP contribution >= 0.6 is 11.3 Å². The van der Waals surface area contributed by atoms with Gasteiger partial charge in [0.1, 0.15) is 0 Å². The Morgan fingerprint density at radius 3 is 3.00 bits per heavy atom. The van der Waals surface area contributed by atoms with Crippen molar-refractivity contribution in [3.8, 4) is 11.1 Å². The van der Waals surface area contributed by atoms with E-state index in [1.807, 2.05) is 6.26 Å². The molecule has 0 aliphatic carbocycles. The van der Waals surface area contributed by atoms with Crippen molar-refractivity contribution in [2.24, 2.45) is 0 Å². The molecule has 0 amide bonds. The molecule has 0 saturated carbocycles. The van der Waals surface area contributed by atoms with Gasteiger partial charge in [-0.05, 0) is 0 Å². The van der Waals surface area contributed by atoms with Gasteiger partial charge in [-0.25, -0.2) is 0 Å².